The van der Waals surface area contributed by atoms with Crippen LogP contribution < -0.4 is 5.32 Å². The maximum absolute atomic E-state index is 5.55. The van der Waals surface area contributed by atoms with Gasteiger partial charge in [-0.2, -0.15) is 0 Å². The zero-order chi connectivity index (χ0) is 11.2. The number of ether oxygens (including phenoxy) is 1. The van der Waals surface area contributed by atoms with Gasteiger partial charge in [-0.3, -0.25) is 0 Å². The highest BCUT2D eigenvalue weighted by Gasteiger charge is 2.20. The number of pyridine rings is 1. The zero-order valence-electron chi connectivity index (χ0n) is 9.91. The first kappa shape index (κ1) is 11.4. The van der Waals surface area contributed by atoms with E-state index in [1.807, 2.05) is 19.2 Å². The number of hydrogen-bond acceptors (Lipinski definition) is 3. The molecule has 0 spiro atoms. The van der Waals surface area contributed by atoms with E-state index in [2.05, 4.69) is 16.4 Å². The fraction of sp³-hybridized carbons (Fsp3) is 0.615. The van der Waals surface area contributed by atoms with Crippen molar-refractivity contribution in [2.75, 3.05) is 25.1 Å². The molecule has 0 atom stereocenters. The smallest absolute Gasteiger partial charge is 0.125 e. The van der Waals surface area contributed by atoms with Crippen LogP contribution in [0.5, 0.6) is 0 Å². The van der Waals surface area contributed by atoms with Crippen LogP contribution in [-0.4, -0.2) is 24.7 Å². The van der Waals surface area contributed by atoms with Crippen molar-refractivity contribution < 1.29 is 4.74 Å². The van der Waals surface area contributed by atoms with Gasteiger partial charge in [0.1, 0.15) is 5.82 Å². The Kier molecular flexibility index (Phi) is 4.17. The first-order valence-electron chi connectivity index (χ1n) is 6.09. The number of rotatable bonds is 7. The Bertz CT molecular complexity index is 306. The summed E-state index contributed by atoms with van der Waals surface area (Å²) in [5.41, 5.74) is 1.19. The monoisotopic (exact) mass is 220 g/mol. The van der Waals surface area contributed by atoms with Crippen molar-refractivity contribution in [2.45, 2.75) is 26.2 Å². The summed E-state index contributed by atoms with van der Waals surface area (Å²) < 4.78 is 5.55. The van der Waals surface area contributed by atoms with Crippen LogP contribution in [0.15, 0.2) is 18.3 Å². The Balaban J connectivity index is 1.51. The van der Waals surface area contributed by atoms with E-state index in [0.717, 1.165) is 37.9 Å². The predicted molar refractivity (Wildman–Crippen MR) is 65.6 cm³/mol. The van der Waals surface area contributed by atoms with Gasteiger partial charge in [0.25, 0.3) is 0 Å². The molecule has 0 amide bonds. The van der Waals surface area contributed by atoms with Crippen LogP contribution in [0, 0.1) is 12.8 Å². The van der Waals surface area contributed by atoms with Crippen molar-refractivity contribution >= 4 is 5.82 Å². The van der Waals surface area contributed by atoms with E-state index >= 15 is 0 Å². The summed E-state index contributed by atoms with van der Waals surface area (Å²) in [6, 6.07) is 4.08. The quantitative estimate of drug-likeness (QED) is 0.717. The number of anilines is 1. The molecule has 1 fully saturated rings. The van der Waals surface area contributed by atoms with Crippen molar-refractivity contribution in [3.8, 4) is 0 Å². The number of aryl methyl sites for hydroxylation is 1. The molecule has 1 aliphatic carbocycles. The maximum atomic E-state index is 5.55. The van der Waals surface area contributed by atoms with Crippen LogP contribution in [0.2, 0.25) is 0 Å². The van der Waals surface area contributed by atoms with Crippen molar-refractivity contribution in [3.63, 3.8) is 0 Å². The molecule has 16 heavy (non-hydrogen) atoms. The van der Waals surface area contributed by atoms with Gasteiger partial charge in [-0.15, -0.1) is 0 Å². The molecule has 3 heteroatoms. The summed E-state index contributed by atoms with van der Waals surface area (Å²) in [6.45, 7) is 4.79. The van der Waals surface area contributed by atoms with Crippen LogP contribution in [0.1, 0.15) is 24.8 Å². The number of aromatic nitrogens is 1. The third kappa shape index (κ3) is 4.19. The van der Waals surface area contributed by atoms with Gasteiger partial charge in [-0.25, -0.2) is 4.98 Å². The highest BCUT2D eigenvalue weighted by molar-refractivity contribution is 5.34. The maximum Gasteiger partial charge on any atom is 0.125 e. The SMILES string of the molecule is Cc1ccc(NCCCOCC2CC2)nc1. The second-order valence-electron chi connectivity index (χ2n) is 4.52. The standard InChI is InChI=1S/C13H20N2O/c1-11-3-6-13(15-9-11)14-7-2-8-16-10-12-4-5-12/h3,6,9,12H,2,4-5,7-8,10H2,1H3,(H,14,15). The molecule has 2 rings (SSSR count). The molecule has 1 aromatic heterocycles. The lowest BCUT2D eigenvalue weighted by Crippen LogP contribution is -2.07. The first-order valence-corrected chi connectivity index (χ1v) is 6.09. The Morgan fingerprint density at radius 1 is 1.44 bits per heavy atom. The van der Waals surface area contributed by atoms with Crippen LogP contribution in [0.4, 0.5) is 5.82 Å². The van der Waals surface area contributed by atoms with E-state index in [4.69, 9.17) is 4.74 Å². The predicted octanol–water partition coefficient (Wildman–Crippen LogP) is 2.62. The Morgan fingerprint density at radius 3 is 3.00 bits per heavy atom. The van der Waals surface area contributed by atoms with Crippen molar-refractivity contribution in [1.29, 1.82) is 0 Å². The second-order valence-corrected chi connectivity index (χ2v) is 4.52. The van der Waals surface area contributed by atoms with E-state index in [-0.39, 0.29) is 0 Å². The third-order valence-corrected chi connectivity index (χ3v) is 2.73. The Morgan fingerprint density at radius 2 is 2.31 bits per heavy atom. The molecule has 0 bridgehead atoms. The van der Waals surface area contributed by atoms with E-state index in [1.54, 1.807) is 0 Å². The summed E-state index contributed by atoms with van der Waals surface area (Å²) in [4.78, 5) is 4.28. The average molecular weight is 220 g/mol. The molecule has 88 valence electrons. The molecule has 1 aliphatic rings. The summed E-state index contributed by atoms with van der Waals surface area (Å²) in [7, 11) is 0. The highest BCUT2D eigenvalue weighted by Crippen LogP contribution is 2.28. The lowest BCUT2D eigenvalue weighted by atomic mass is 10.3. The van der Waals surface area contributed by atoms with Gasteiger partial charge in [0.2, 0.25) is 0 Å². The minimum Gasteiger partial charge on any atom is -0.381 e. The Hall–Kier alpha value is -1.09. The van der Waals surface area contributed by atoms with Crippen LogP contribution >= 0.6 is 0 Å². The van der Waals surface area contributed by atoms with E-state index in [9.17, 15) is 0 Å². The van der Waals surface area contributed by atoms with Gasteiger partial charge < -0.3 is 10.1 Å². The normalized spacial score (nSPS) is 15.1. The number of nitrogens with one attached hydrogen (secondary N) is 1. The van der Waals surface area contributed by atoms with E-state index in [0.29, 0.717) is 0 Å². The van der Waals surface area contributed by atoms with Crippen molar-refractivity contribution in [3.05, 3.63) is 23.9 Å². The van der Waals surface area contributed by atoms with Crippen LogP contribution in [-0.2, 0) is 4.74 Å². The molecule has 1 N–H and O–H groups in total. The summed E-state index contributed by atoms with van der Waals surface area (Å²) >= 11 is 0. The fourth-order valence-electron chi connectivity index (χ4n) is 1.50. The molecule has 0 radical (unpaired) electrons. The second kappa shape index (κ2) is 5.85. The lowest BCUT2D eigenvalue weighted by molar-refractivity contribution is 0.124. The first-order chi connectivity index (χ1) is 7.84. The summed E-state index contributed by atoms with van der Waals surface area (Å²) in [5, 5.41) is 3.28. The van der Waals surface area contributed by atoms with Gasteiger partial charge in [0.05, 0.1) is 0 Å². The average Bonchev–Trinajstić information content (AvgIpc) is 3.10. The fourth-order valence-corrected chi connectivity index (χ4v) is 1.50. The van der Waals surface area contributed by atoms with Gasteiger partial charge in [0, 0.05) is 26.0 Å². The topological polar surface area (TPSA) is 34.1 Å². The molecule has 0 aromatic carbocycles. The molecule has 1 heterocycles. The largest absolute Gasteiger partial charge is 0.381 e. The van der Waals surface area contributed by atoms with Gasteiger partial charge in [-0.1, -0.05) is 6.07 Å². The minimum atomic E-state index is 0.857. The van der Waals surface area contributed by atoms with E-state index in [1.165, 1.54) is 18.4 Å². The van der Waals surface area contributed by atoms with Crippen LogP contribution in [0.3, 0.4) is 0 Å². The molecule has 0 saturated heterocycles. The highest BCUT2D eigenvalue weighted by atomic mass is 16.5. The molecule has 0 unspecified atom stereocenters. The number of nitrogens with zero attached hydrogens (tertiary/aromatic N) is 1. The molecule has 3 nitrogen and oxygen atoms in total. The molecular weight excluding hydrogens is 200 g/mol. The molecular formula is C13H20N2O. The van der Waals surface area contributed by atoms with Crippen LogP contribution in [0.25, 0.3) is 0 Å². The van der Waals surface area contributed by atoms with Crippen molar-refractivity contribution in [2.24, 2.45) is 5.92 Å². The molecule has 1 saturated carbocycles. The van der Waals surface area contributed by atoms with Gasteiger partial charge >= 0.3 is 0 Å². The van der Waals surface area contributed by atoms with Crippen molar-refractivity contribution in [1.82, 2.24) is 4.98 Å². The summed E-state index contributed by atoms with van der Waals surface area (Å²) in [6.07, 6.45) is 5.66. The zero-order valence-corrected chi connectivity index (χ0v) is 9.91. The van der Waals surface area contributed by atoms with Gasteiger partial charge in [-0.05, 0) is 43.7 Å². The Labute approximate surface area is 97.2 Å². The molecule has 0 aliphatic heterocycles. The molecule has 1 aromatic rings. The third-order valence-electron chi connectivity index (χ3n) is 2.73. The van der Waals surface area contributed by atoms with E-state index < -0.39 is 0 Å². The summed E-state index contributed by atoms with van der Waals surface area (Å²) in [5.74, 6) is 1.82. The van der Waals surface area contributed by atoms with Gasteiger partial charge in [0.15, 0.2) is 0 Å². The lowest BCUT2D eigenvalue weighted by Gasteiger charge is -2.06. The minimum absolute atomic E-state index is 0.857. The number of hydrogen-bond donors (Lipinski definition) is 1.